The molecule has 0 amide bonds. The number of hydrogen-bond acceptors (Lipinski definition) is 4. The molecular formula is C16H12BrFN2O4S. The Labute approximate surface area is 151 Å². The molecule has 130 valence electrons. The molecule has 25 heavy (non-hydrogen) atoms. The van der Waals surface area contributed by atoms with Crippen molar-refractivity contribution in [2.24, 2.45) is 0 Å². The van der Waals surface area contributed by atoms with Gasteiger partial charge in [0.05, 0.1) is 11.4 Å². The minimum Gasteiger partial charge on any atom is -0.342 e. The zero-order valence-corrected chi connectivity index (χ0v) is 15.1. The summed E-state index contributed by atoms with van der Waals surface area (Å²) in [6.45, 7) is 0.105. The summed E-state index contributed by atoms with van der Waals surface area (Å²) in [6.07, 6.45) is 1.32. The van der Waals surface area contributed by atoms with Gasteiger partial charge in [-0.15, -0.1) is 0 Å². The maximum absolute atomic E-state index is 14.1. The van der Waals surface area contributed by atoms with Gasteiger partial charge in [0.25, 0.3) is 0 Å². The van der Waals surface area contributed by atoms with Gasteiger partial charge < -0.3 is 4.57 Å². The first-order chi connectivity index (χ1) is 11.8. The topological polar surface area (TPSA) is 82.2 Å². The molecule has 9 heteroatoms. The number of nitro groups is 1. The van der Waals surface area contributed by atoms with Crippen molar-refractivity contribution in [3.8, 4) is 0 Å². The molecule has 0 spiro atoms. The average molecular weight is 427 g/mol. The van der Waals surface area contributed by atoms with Crippen LogP contribution in [-0.4, -0.2) is 23.8 Å². The summed E-state index contributed by atoms with van der Waals surface area (Å²) in [5.41, 5.74) is 0.939. The van der Waals surface area contributed by atoms with Gasteiger partial charge in [0, 0.05) is 32.1 Å². The molecule has 0 aliphatic heterocycles. The Bertz CT molecular complexity index is 1080. The SMILES string of the molecule is O=[N+]([O-])CS(=O)(=O)c1cn(Cc2ccc(Br)cc2F)c2ccccc12. The average Bonchev–Trinajstić information content (AvgIpc) is 2.89. The van der Waals surface area contributed by atoms with Crippen LogP contribution in [-0.2, 0) is 16.4 Å². The molecule has 1 heterocycles. The van der Waals surface area contributed by atoms with Crippen LogP contribution < -0.4 is 0 Å². The monoisotopic (exact) mass is 426 g/mol. The fourth-order valence-electron chi connectivity index (χ4n) is 2.63. The lowest BCUT2D eigenvalue weighted by Gasteiger charge is -2.07. The van der Waals surface area contributed by atoms with Crippen LogP contribution in [0.1, 0.15) is 5.56 Å². The molecule has 0 aliphatic carbocycles. The molecule has 0 radical (unpaired) electrons. The number of benzene rings is 2. The Hall–Kier alpha value is -2.26. The Morgan fingerprint density at radius 1 is 1.20 bits per heavy atom. The van der Waals surface area contributed by atoms with E-state index in [0.717, 1.165) is 0 Å². The van der Waals surface area contributed by atoms with Gasteiger partial charge in [-0.05, 0) is 18.2 Å². The van der Waals surface area contributed by atoms with Crippen LogP contribution in [0.4, 0.5) is 4.39 Å². The van der Waals surface area contributed by atoms with E-state index in [4.69, 9.17) is 0 Å². The van der Waals surface area contributed by atoms with Gasteiger partial charge in [0.2, 0.25) is 9.84 Å². The highest BCUT2D eigenvalue weighted by Crippen LogP contribution is 2.27. The number of nitrogens with zero attached hydrogens (tertiary/aromatic N) is 2. The first-order valence-electron chi connectivity index (χ1n) is 7.14. The quantitative estimate of drug-likeness (QED) is 0.460. The van der Waals surface area contributed by atoms with Crippen molar-refractivity contribution in [3.63, 3.8) is 0 Å². The first kappa shape index (κ1) is 17.6. The number of hydrogen-bond donors (Lipinski definition) is 0. The van der Waals surface area contributed by atoms with Gasteiger partial charge in [-0.2, -0.15) is 0 Å². The van der Waals surface area contributed by atoms with Crippen molar-refractivity contribution in [2.75, 3.05) is 5.88 Å². The predicted octanol–water partition coefficient (Wildman–Crippen LogP) is 3.60. The molecule has 0 saturated heterocycles. The summed E-state index contributed by atoms with van der Waals surface area (Å²) >= 11 is 3.18. The Morgan fingerprint density at radius 3 is 2.60 bits per heavy atom. The molecule has 0 atom stereocenters. The van der Waals surface area contributed by atoms with Crippen LogP contribution in [0, 0.1) is 15.9 Å². The predicted molar refractivity (Wildman–Crippen MR) is 94.2 cm³/mol. The van der Waals surface area contributed by atoms with Crippen molar-refractivity contribution in [1.82, 2.24) is 4.57 Å². The summed E-state index contributed by atoms with van der Waals surface area (Å²) < 4.78 is 40.9. The normalized spacial score (nSPS) is 11.8. The van der Waals surface area contributed by atoms with E-state index in [1.807, 2.05) is 0 Å². The van der Waals surface area contributed by atoms with E-state index in [1.54, 1.807) is 41.0 Å². The van der Waals surface area contributed by atoms with Crippen molar-refractivity contribution in [3.05, 3.63) is 74.6 Å². The third-order valence-electron chi connectivity index (χ3n) is 3.72. The summed E-state index contributed by atoms with van der Waals surface area (Å²) in [5.74, 6) is -1.62. The van der Waals surface area contributed by atoms with Gasteiger partial charge in [0.1, 0.15) is 5.82 Å². The zero-order chi connectivity index (χ0) is 18.2. The first-order valence-corrected chi connectivity index (χ1v) is 9.59. The minimum atomic E-state index is -4.10. The third-order valence-corrected chi connectivity index (χ3v) is 5.76. The highest BCUT2D eigenvalue weighted by Gasteiger charge is 2.26. The number of rotatable bonds is 5. The third kappa shape index (κ3) is 3.57. The molecule has 0 aliphatic rings. The van der Waals surface area contributed by atoms with Gasteiger partial charge >= 0.3 is 5.88 Å². The number of para-hydroxylation sites is 1. The molecule has 0 N–H and O–H groups in total. The second kappa shape index (κ2) is 6.57. The highest BCUT2D eigenvalue weighted by atomic mass is 79.9. The number of aromatic nitrogens is 1. The molecule has 2 aromatic carbocycles. The number of fused-ring (bicyclic) bond motifs is 1. The molecular weight excluding hydrogens is 415 g/mol. The maximum atomic E-state index is 14.1. The number of halogens is 2. The van der Waals surface area contributed by atoms with Crippen LogP contribution >= 0.6 is 15.9 Å². The molecule has 0 unspecified atom stereocenters. The van der Waals surface area contributed by atoms with Crippen LogP contribution in [0.2, 0.25) is 0 Å². The summed E-state index contributed by atoms with van der Waals surface area (Å²) in [7, 11) is -4.10. The molecule has 1 aromatic heterocycles. The van der Waals surface area contributed by atoms with Crippen molar-refractivity contribution in [2.45, 2.75) is 11.4 Å². The van der Waals surface area contributed by atoms with E-state index in [9.17, 15) is 22.9 Å². The molecule has 0 saturated carbocycles. The van der Waals surface area contributed by atoms with Gasteiger partial charge in [-0.25, -0.2) is 12.8 Å². The minimum absolute atomic E-state index is 0.105. The molecule has 6 nitrogen and oxygen atoms in total. The molecule has 0 fully saturated rings. The highest BCUT2D eigenvalue weighted by molar-refractivity contribution is 9.10. The van der Waals surface area contributed by atoms with Gasteiger partial charge in [-0.1, -0.05) is 40.2 Å². The van der Waals surface area contributed by atoms with Crippen LogP contribution in [0.5, 0.6) is 0 Å². The van der Waals surface area contributed by atoms with Crippen molar-refractivity contribution >= 4 is 36.7 Å². The summed E-state index contributed by atoms with van der Waals surface area (Å²) in [6, 6.07) is 11.3. The van der Waals surface area contributed by atoms with E-state index in [0.29, 0.717) is 20.9 Å². The van der Waals surface area contributed by atoms with Crippen LogP contribution in [0.15, 0.2) is 58.0 Å². The lowest BCUT2D eigenvalue weighted by molar-refractivity contribution is -0.458. The summed E-state index contributed by atoms with van der Waals surface area (Å²) in [4.78, 5) is 9.66. The van der Waals surface area contributed by atoms with E-state index in [2.05, 4.69) is 15.9 Å². The van der Waals surface area contributed by atoms with E-state index < -0.39 is 26.5 Å². The van der Waals surface area contributed by atoms with E-state index in [-0.39, 0.29) is 11.4 Å². The fraction of sp³-hybridized carbons (Fsp3) is 0.125. The second-order valence-electron chi connectivity index (χ2n) is 5.45. The van der Waals surface area contributed by atoms with Crippen LogP contribution in [0.3, 0.4) is 0 Å². The van der Waals surface area contributed by atoms with Gasteiger partial charge in [0.15, 0.2) is 0 Å². The molecule has 3 aromatic rings. The van der Waals surface area contributed by atoms with Crippen molar-refractivity contribution < 1.29 is 17.7 Å². The van der Waals surface area contributed by atoms with E-state index >= 15 is 0 Å². The van der Waals surface area contributed by atoms with Gasteiger partial charge in [-0.3, -0.25) is 10.1 Å². The second-order valence-corrected chi connectivity index (χ2v) is 8.29. The maximum Gasteiger partial charge on any atom is 0.306 e. The largest absolute Gasteiger partial charge is 0.342 e. The standard InChI is InChI=1S/C16H12BrFN2O4S/c17-12-6-5-11(14(18)7-12)8-19-9-16(25(23,24)10-20(21)22)13-3-1-2-4-15(13)19/h1-7,9H,8,10H2. The summed E-state index contributed by atoms with van der Waals surface area (Å²) in [5, 5.41) is 11.0. The molecule has 0 bridgehead atoms. The molecule has 3 rings (SSSR count). The lowest BCUT2D eigenvalue weighted by atomic mass is 10.2. The Kier molecular flexibility index (Phi) is 4.61. The zero-order valence-electron chi connectivity index (χ0n) is 12.7. The smallest absolute Gasteiger partial charge is 0.306 e. The lowest BCUT2D eigenvalue weighted by Crippen LogP contribution is -2.14. The van der Waals surface area contributed by atoms with Crippen molar-refractivity contribution in [1.29, 1.82) is 0 Å². The van der Waals surface area contributed by atoms with E-state index in [1.165, 1.54) is 12.3 Å². The Balaban J connectivity index is 2.12. The van der Waals surface area contributed by atoms with Crippen LogP contribution in [0.25, 0.3) is 10.9 Å². The number of sulfone groups is 1. The fourth-order valence-corrected chi connectivity index (χ4v) is 4.18. The Morgan fingerprint density at radius 2 is 1.92 bits per heavy atom.